The van der Waals surface area contributed by atoms with Gasteiger partial charge in [0.2, 0.25) is 0 Å². The van der Waals surface area contributed by atoms with Crippen LogP contribution in [-0.2, 0) is 8.85 Å². The van der Waals surface area contributed by atoms with Gasteiger partial charge >= 0.3 is 8.56 Å². The molecule has 1 aliphatic heterocycles. The van der Waals surface area contributed by atoms with Crippen molar-refractivity contribution in [3.8, 4) is 0 Å². The van der Waals surface area contributed by atoms with Crippen molar-refractivity contribution in [3.63, 3.8) is 0 Å². The molecule has 0 spiro atoms. The Kier molecular flexibility index (Phi) is 5.88. The zero-order valence-corrected chi connectivity index (χ0v) is 25.1. The summed E-state index contributed by atoms with van der Waals surface area (Å²) in [6.45, 7) is 23.1. The van der Waals surface area contributed by atoms with Crippen molar-refractivity contribution in [2.75, 3.05) is 0 Å². The highest BCUT2D eigenvalue weighted by Crippen LogP contribution is 2.73. The quantitative estimate of drug-likeness (QED) is 0.383. The van der Waals surface area contributed by atoms with Crippen molar-refractivity contribution in [1.82, 2.24) is 0 Å². The number of benzene rings is 2. The van der Waals surface area contributed by atoms with Gasteiger partial charge in [0, 0.05) is 11.1 Å². The second-order valence-electron chi connectivity index (χ2n) is 11.5. The van der Waals surface area contributed by atoms with E-state index >= 15 is 0 Å². The van der Waals surface area contributed by atoms with Gasteiger partial charge in [-0.3, -0.25) is 0 Å². The molecule has 0 N–H and O–H groups in total. The lowest BCUT2D eigenvalue weighted by molar-refractivity contribution is 0.316. The molecule has 0 atom stereocenters. The van der Waals surface area contributed by atoms with Gasteiger partial charge in [-0.2, -0.15) is 0 Å². The van der Waals surface area contributed by atoms with E-state index in [1.807, 2.05) is 0 Å². The summed E-state index contributed by atoms with van der Waals surface area (Å²) < 4.78 is 15.2. The van der Waals surface area contributed by atoms with Gasteiger partial charge in [0.05, 0.1) is 10.1 Å². The van der Waals surface area contributed by atoms with Crippen molar-refractivity contribution < 1.29 is 8.85 Å². The second kappa shape index (κ2) is 8.49. The molecule has 0 unspecified atom stereocenters. The molecule has 2 aromatic rings. The van der Waals surface area contributed by atoms with Gasteiger partial charge in [0.1, 0.15) is 0 Å². The first-order valence-corrected chi connectivity index (χ1v) is 15.2. The van der Waals surface area contributed by atoms with E-state index in [1.165, 1.54) is 44.6 Å². The molecule has 0 saturated heterocycles. The van der Waals surface area contributed by atoms with Gasteiger partial charge in [-0.05, 0) is 91.5 Å². The average molecular weight is 509 g/mol. The summed E-state index contributed by atoms with van der Waals surface area (Å²) in [5.41, 5.74) is 13.1. The minimum Gasteiger partial charge on any atom is -0.507 e. The molecule has 2 aromatic carbocycles. The molecule has 0 saturated carbocycles. The normalized spacial score (nSPS) is 22.3. The van der Waals surface area contributed by atoms with Crippen LogP contribution in [0.25, 0.3) is 11.5 Å². The van der Waals surface area contributed by atoms with Crippen LogP contribution in [-0.4, -0.2) is 8.56 Å². The Morgan fingerprint density at radius 1 is 0.459 bits per heavy atom. The molecule has 2 nitrogen and oxygen atoms in total. The van der Waals surface area contributed by atoms with Crippen LogP contribution in [0.2, 0.25) is 10.1 Å². The van der Waals surface area contributed by atoms with E-state index in [1.54, 1.807) is 0 Å². The molecule has 3 heteroatoms. The van der Waals surface area contributed by atoms with E-state index in [4.69, 9.17) is 8.85 Å². The van der Waals surface area contributed by atoms with Crippen LogP contribution in [0.4, 0.5) is 0 Å². The molecular formula is C34H40O2Si. The lowest BCUT2D eigenvalue weighted by Gasteiger charge is -2.51. The highest BCUT2D eigenvalue weighted by Gasteiger charge is 2.76. The van der Waals surface area contributed by atoms with Gasteiger partial charge in [0.25, 0.3) is 0 Å². The molecule has 192 valence electrons. The third-order valence-corrected chi connectivity index (χ3v) is 15.6. The Bertz CT molecular complexity index is 1290. The maximum Gasteiger partial charge on any atom is 0.489 e. The van der Waals surface area contributed by atoms with Gasteiger partial charge in [-0.1, -0.05) is 83.0 Å². The maximum atomic E-state index is 7.61. The van der Waals surface area contributed by atoms with E-state index in [9.17, 15) is 0 Å². The van der Waals surface area contributed by atoms with Crippen LogP contribution in [0.15, 0.2) is 105 Å². The molecule has 0 aromatic heterocycles. The van der Waals surface area contributed by atoms with E-state index < -0.39 is 8.56 Å². The summed E-state index contributed by atoms with van der Waals surface area (Å²) in [5.74, 6) is 1.73. The first kappa shape index (κ1) is 25.6. The van der Waals surface area contributed by atoms with Crippen LogP contribution >= 0.6 is 0 Å². The summed E-state index contributed by atoms with van der Waals surface area (Å²) in [6, 6.07) is 21.0. The van der Waals surface area contributed by atoms with Crippen LogP contribution in [0.3, 0.4) is 0 Å². The van der Waals surface area contributed by atoms with E-state index in [-0.39, 0.29) is 10.1 Å². The SMILES string of the molecule is CC1=C(C)C(C)([Si]2(C3(C)C(C)=C(C)C(C)=C3C)OC(c3ccccc3)=C(c3ccccc3)O2)C(C)=C1C. The first-order chi connectivity index (χ1) is 17.4. The number of allylic oxidation sites excluding steroid dienone is 8. The lowest BCUT2D eigenvalue weighted by atomic mass is 9.96. The highest BCUT2D eigenvalue weighted by molar-refractivity contribution is 6.79. The van der Waals surface area contributed by atoms with Crippen molar-refractivity contribution >= 4 is 20.1 Å². The van der Waals surface area contributed by atoms with Crippen molar-refractivity contribution in [3.05, 3.63) is 116 Å². The topological polar surface area (TPSA) is 18.5 Å². The van der Waals surface area contributed by atoms with Gasteiger partial charge in [-0.25, -0.2) is 0 Å². The van der Waals surface area contributed by atoms with E-state index in [2.05, 4.69) is 130 Å². The smallest absolute Gasteiger partial charge is 0.489 e. The number of hydrogen-bond donors (Lipinski definition) is 0. The van der Waals surface area contributed by atoms with Crippen LogP contribution in [0.1, 0.15) is 80.4 Å². The standard InChI is InChI=1S/C34H40O2Si/c1-21-22(2)26(6)33(9,25(21)5)37(34(10)27(7)23(3)24(4)28(34)8)35-31(29-17-13-11-14-18-29)32(36-37)30-19-15-12-16-20-30/h11-20H,1-10H3. The highest BCUT2D eigenvalue weighted by atomic mass is 28.4. The first-order valence-electron chi connectivity index (χ1n) is 13.4. The van der Waals surface area contributed by atoms with Gasteiger partial charge in [-0.15, -0.1) is 0 Å². The molecular weight excluding hydrogens is 468 g/mol. The Balaban J connectivity index is 1.87. The summed E-state index contributed by atoms with van der Waals surface area (Å²) in [5, 5.41) is -0.695. The van der Waals surface area contributed by atoms with E-state index in [0.717, 1.165) is 22.6 Å². The monoisotopic (exact) mass is 508 g/mol. The summed E-state index contributed by atoms with van der Waals surface area (Å²) in [7, 11) is -3.23. The Morgan fingerprint density at radius 2 is 0.730 bits per heavy atom. The molecule has 0 bridgehead atoms. The number of rotatable bonds is 4. The van der Waals surface area contributed by atoms with Crippen LogP contribution < -0.4 is 0 Å². The fraction of sp³-hybridized carbons (Fsp3) is 0.353. The average Bonchev–Trinajstić information content (AvgIpc) is 3.46. The zero-order chi connectivity index (χ0) is 26.9. The van der Waals surface area contributed by atoms with Crippen molar-refractivity contribution in [1.29, 1.82) is 0 Å². The summed E-state index contributed by atoms with van der Waals surface area (Å²) >= 11 is 0. The fourth-order valence-electron chi connectivity index (χ4n) is 7.04. The second-order valence-corrected chi connectivity index (χ2v) is 15.1. The van der Waals surface area contributed by atoms with Crippen molar-refractivity contribution in [2.24, 2.45) is 0 Å². The molecule has 1 heterocycles. The minimum absolute atomic E-state index is 0.347. The zero-order valence-electron chi connectivity index (χ0n) is 24.1. The largest absolute Gasteiger partial charge is 0.507 e. The number of hydrogen-bond acceptors (Lipinski definition) is 2. The fourth-order valence-corrected chi connectivity index (χ4v) is 12.6. The molecule has 2 aliphatic carbocycles. The Labute approximate surface area is 224 Å². The predicted molar refractivity (Wildman–Crippen MR) is 158 cm³/mol. The molecule has 3 aliphatic rings. The molecule has 5 rings (SSSR count). The van der Waals surface area contributed by atoms with Crippen molar-refractivity contribution in [2.45, 2.75) is 79.3 Å². The summed E-state index contributed by atoms with van der Waals surface area (Å²) in [4.78, 5) is 0. The predicted octanol–water partition coefficient (Wildman–Crippen LogP) is 9.89. The Morgan fingerprint density at radius 3 is 1.00 bits per heavy atom. The third-order valence-electron chi connectivity index (χ3n) is 10.5. The molecule has 0 fully saturated rings. The molecule has 0 radical (unpaired) electrons. The Hall–Kier alpha value is -3.04. The maximum absolute atomic E-state index is 7.61. The summed E-state index contributed by atoms with van der Waals surface area (Å²) in [6.07, 6.45) is 0. The lowest BCUT2D eigenvalue weighted by Crippen LogP contribution is -2.59. The third kappa shape index (κ3) is 3.10. The van der Waals surface area contributed by atoms with E-state index in [0.29, 0.717) is 0 Å². The van der Waals surface area contributed by atoms with Gasteiger partial charge < -0.3 is 8.85 Å². The van der Waals surface area contributed by atoms with Crippen LogP contribution in [0.5, 0.6) is 0 Å². The molecule has 0 amide bonds. The minimum atomic E-state index is -3.23. The molecule has 37 heavy (non-hydrogen) atoms. The van der Waals surface area contributed by atoms with Gasteiger partial charge in [0.15, 0.2) is 11.5 Å². The van der Waals surface area contributed by atoms with Crippen LogP contribution in [0, 0.1) is 0 Å².